The van der Waals surface area contributed by atoms with Gasteiger partial charge >= 0.3 is 0 Å². The lowest BCUT2D eigenvalue weighted by Gasteiger charge is -2.24. The number of benzene rings is 1. The summed E-state index contributed by atoms with van der Waals surface area (Å²) in [5.41, 5.74) is 2.45. The Morgan fingerprint density at radius 3 is 2.68 bits per heavy atom. The summed E-state index contributed by atoms with van der Waals surface area (Å²) < 4.78 is 5.43. The first-order valence-corrected chi connectivity index (χ1v) is 10.5. The van der Waals surface area contributed by atoms with Crippen LogP contribution in [0.5, 0.6) is 5.75 Å². The maximum atomic E-state index is 5.43. The van der Waals surface area contributed by atoms with Crippen molar-refractivity contribution in [2.45, 2.75) is 40.5 Å². The molecule has 1 aromatic rings. The summed E-state index contributed by atoms with van der Waals surface area (Å²) >= 11 is 0. The van der Waals surface area contributed by atoms with Crippen molar-refractivity contribution in [3.63, 3.8) is 0 Å². The third-order valence-electron chi connectivity index (χ3n) is 5.47. The number of likely N-dealkylation sites (tertiary alicyclic amines) is 1. The van der Waals surface area contributed by atoms with E-state index in [0.29, 0.717) is 0 Å². The molecule has 0 amide bonds. The predicted molar refractivity (Wildman–Crippen MR) is 130 cm³/mol. The van der Waals surface area contributed by atoms with Crippen molar-refractivity contribution in [2.24, 2.45) is 10.9 Å². The lowest BCUT2D eigenvalue weighted by Crippen LogP contribution is -2.41. The molecule has 1 N–H and O–H groups in total. The van der Waals surface area contributed by atoms with Gasteiger partial charge in [0.1, 0.15) is 5.75 Å². The first-order chi connectivity index (χ1) is 13.1. The smallest absolute Gasteiger partial charge is 0.193 e. The van der Waals surface area contributed by atoms with E-state index in [9.17, 15) is 0 Å². The zero-order chi connectivity index (χ0) is 19.6. The molecule has 6 heteroatoms. The molecule has 1 aliphatic heterocycles. The average Bonchev–Trinajstić information content (AvgIpc) is 3.15. The van der Waals surface area contributed by atoms with Crippen molar-refractivity contribution in [2.75, 3.05) is 52.9 Å². The molecule has 5 nitrogen and oxygen atoms in total. The second-order valence-corrected chi connectivity index (χ2v) is 7.38. The fourth-order valence-electron chi connectivity index (χ4n) is 3.76. The van der Waals surface area contributed by atoms with E-state index in [1.54, 1.807) is 7.11 Å². The number of methoxy groups -OCH3 is 1. The highest BCUT2D eigenvalue weighted by molar-refractivity contribution is 14.0. The number of rotatable bonds is 9. The van der Waals surface area contributed by atoms with Gasteiger partial charge in [-0.3, -0.25) is 4.99 Å². The van der Waals surface area contributed by atoms with Crippen molar-refractivity contribution in [3.8, 4) is 5.75 Å². The maximum absolute atomic E-state index is 5.43. The summed E-state index contributed by atoms with van der Waals surface area (Å²) in [5.74, 6) is 2.77. The minimum Gasteiger partial charge on any atom is -0.496 e. The molecule has 28 heavy (non-hydrogen) atoms. The molecule has 1 unspecified atom stereocenters. The van der Waals surface area contributed by atoms with Crippen LogP contribution in [0.4, 0.5) is 0 Å². The Hall–Kier alpha value is -1.02. The molecule has 0 aromatic heterocycles. The van der Waals surface area contributed by atoms with Crippen LogP contribution < -0.4 is 10.1 Å². The number of aryl methyl sites for hydroxylation is 1. The van der Waals surface area contributed by atoms with E-state index < -0.39 is 0 Å². The summed E-state index contributed by atoms with van der Waals surface area (Å²) in [4.78, 5) is 9.87. The first kappa shape index (κ1) is 25.0. The molecular formula is C22H39IN4O. The summed E-state index contributed by atoms with van der Waals surface area (Å²) in [7, 11) is 1.73. The standard InChI is InChI=1S/C22H38N4O.HI/c1-6-23-22(26-14-12-20(17-26)16-25(7-2)8-3)24-13-11-19-10-9-18(4)21(15-19)27-5;/h9-10,15,20H,6-8,11-14,16-17H2,1-5H3,(H,23,24);1H. The van der Waals surface area contributed by atoms with Gasteiger partial charge in [-0.25, -0.2) is 0 Å². The number of guanidine groups is 1. The monoisotopic (exact) mass is 502 g/mol. The van der Waals surface area contributed by atoms with Crippen LogP contribution >= 0.6 is 24.0 Å². The Labute approximate surface area is 188 Å². The molecule has 0 spiro atoms. The second-order valence-electron chi connectivity index (χ2n) is 7.38. The minimum absolute atomic E-state index is 0. The second kappa shape index (κ2) is 13.2. The van der Waals surface area contributed by atoms with E-state index >= 15 is 0 Å². The van der Waals surface area contributed by atoms with Crippen LogP contribution in [0.3, 0.4) is 0 Å². The summed E-state index contributed by atoms with van der Waals surface area (Å²) in [6, 6.07) is 6.44. The van der Waals surface area contributed by atoms with Crippen molar-refractivity contribution >= 4 is 29.9 Å². The van der Waals surface area contributed by atoms with Gasteiger partial charge in [-0.05, 0) is 62.9 Å². The summed E-state index contributed by atoms with van der Waals surface area (Å²) in [5, 5.41) is 3.48. The maximum Gasteiger partial charge on any atom is 0.193 e. The molecule has 1 heterocycles. The number of nitrogens with zero attached hydrogens (tertiary/aromatic N) is 3. The Morgan fingerprint density at radius 1 is 1.29 bits per heavy atom. The largest absolute Gasteiger partial charge is 0.496 e. The zero-order valence-corrected chi connectivity index (χ0v) is 20.7. The van der Waals surface area contributed by atoms with Gasteiger partial charge < -0.3 is 19.9 Å². The van der Waals surface area contributed by atoms with Crippen molar-refractivity contribution < 1.29 is 4.74 Å². The van der Waals surface area contributed by atoms with Gasteiger partial charge in [0.15, 0.2) is 5.96 Å². The summed E-state index contributed by atoms with van der Waals surface area (Å²) in [6.07, 6.45) is 2.19. The van der Waals surface area contributed by atoms with E-state index in [4.69, 9.17) is 9.73 Å². The molecule has 0 radical (unpaired) electrons. The highest BCUT2D eigenvalue weighted by Crippen LogP contribution is 2.20. The average molecular weight is 502 g/mol. The van der Waals surface area contributed by atoms with Crippen LogP contribution in [0, 0.1) is 12.8 Å². The highest BCUT2D eigenvalue weighted by Gasteiger charge is 2.25. The Balaban J connectivity index is 0.00000392. The lowest BCUT2D eigenvalue weighted by atomic mass is 10.1. The van der Waals surface area contributed by atoms with E-state index in [0.717, 1.165) is 63.3 Å². The van der Waals surface area contributed by atoms with Gasteiger partial charge in [0.2, 0.25) is 0 Å². The van der Waals surface area contributed by atoms with Gasteiger partial charge in [-0.15, -0.1) is 24.0 Å². The highest BCUT2D eigenvalue weighted by atomic mass is 127. The van der Waals surface area contributed by atoms with Gasteiger partial charge in [-0.1, -0.05) is 26.0 Å². The predicted octanol–water partition coefficient (Wildman–Crippen LogP) is 3.79. The van der Waals surface area contributed by atoms with Crippen LogP contribution in [0.1, 0.15) is 38.3 Å². The Morgan fingerprint density at radius 2 is 2.04 bits per heavy atom. The number of halogens is 1. The molecular weight excluding hydrogens is 463 g/mol. The van der Waals surface area contributed by atoms with Gasteiger partial charge in [0, 0.05) is 32.7 Å². The molecule has 1 atom stereocenters. The molecule has 0 bridgehead atoms. The zero-order valence-electron chi connectivity index (χ0n) is 18.3. The molecule has 0 aliphatic carbocycles. The SMILES string of the molecule is CCNC(=NCCc1ccc(C)c(OC)c1)N1CCC(CN(CC)CC)C1.I. The third-order valence-corrected chi connectivity index (χ3v) is 5.47. The van der Waals surface area contributed by atoms with E-state index in [1.165, 1.54) is 24.1 Å². The molecule has 1 fully saturated rings. The molecule has 0 saturated carbocycles. The Kier molecular flexibility index (Phi) is 11.8. The van der Waals surface area contributed by atoms with Crippen LogP contribution in [0.15, 0.2) is 23.2 Å². The fourth-order valence-corrected chi connectivity index (χ4v) is 3.76. The topological polar surface area (TPSA) is 40.1 Å². The number of hydrogen-bond donors (Lipinski definition) is 1. The number of hydrogen-bond acceptors (Lipinski definition) is 3. The fraction of sp³-hybridized carbons (Fsp3) is 0.682. The van der Waals surface area contributed by atoms with Crippen LogP contribution in [0.25, 0.3) is 0 Å². The normalized spacial score (nSPS) is 17.0. The molecule has 1 saturated heterocycles. The van der Waals surface area contributed by atoms with Crippen LogP contribution in [0.2, 0.25) is 0 Å². The van der Waals surface area contributed by atoms with Gasteiger partial charge in [-0.2, -0.15) is 0 Å². The third kappa shape index (κ3) is 7.43. The molecule has 1 aromatic carbocycles. The van der Waals surface area contributed by atoms with E-state index in [1.807, 2.05) is 0 Å². The van der Waals surface area contributed by atoms with Gasteiger partial charge in [0.25, 0.3) is 0 Å². The lowest BCUT2D eigenvalue weighted by molar-refractivity contribution is 0.255. The number of ether oxygens (including phenoxy) is 1. The van der Waals surface area contributed by atoms with Crippen LogP contribution in [-0.2, 0) is 6.42 Å². The van der Waals surface area contributed by atoms with E-state index in [-0.39, 0.29) is 24.0 Å². The van der Waals surface area contributed by atoms with Crippen molar-refractivity contribution in [1.82, 2.24) is 15.1 Å². The first-order valence-electron chi connectivity index (χ1n) is 10.5. The minimum atomic E-state index is 0. The van der Waals surface area contributed by atoms with Crippen molar-refractivity contribution in [1.29, 1.82) is 0 Å². The van der Waals surface area contributed by atoms with Gasteiger partial charge in [0.05, 0.1) is 7.11 Å². The Bertz CT molecular complexity index is 604. The molecule has 160 valence electrons. The number of nitrogens with one attached hydrogen (secondary N) is 1. The summed E-state index contributed by atoms with van der Waals surface area (Å²) in [6.45, 7) is 16.1. The van der Waals surface area contributed by atoms with Crippen molar-refractivity contribution in [3.05, 3.63) is 29.3 Å². The number of aliphatic imine (C=N–C) groups is 1. The molecule has 2 rings (SSSR count). The quantitative estimate of drug-likeness (QED) is 0.317. The molecule has 1 aliphatic rings. The van der Waals surface area contributed by atoms with E-state index in [2.05, 4.69) is 61.0 Å². The van der Waals surface area contributed by atoms with Crippen LogP contribution in [-0.4, -0.2) is 68.7 Å².